The minimum Gasteiger partial charge on any atom is -0.268 e. The molecule has 1 aromatic rings. The van der Waals surface area contributed by atoms with Gasteiger partial charge in [0.05, 0.1) is 5.69 Å². The van der Waals surface area contributed by atoms with Crippen molar-refractivity contribution in [3.05, 3.63) is 23.0 Å². The fraction of sp³-hybridized carbons (Fsp3) is 0.615. The zero-order chi connectivity index (χ0) is 14.8. The Labute approximate surface area is 125 Å². The molecule has 0 atom stereocenters. The highest BCUT2D eigenvalue weighted by Gasteiger charge is 2.28. The third kappa shape index (κ3) is 3.42. The molecule has 0 saturated heterocycles. The minimum absolute atomic E-state index is 0.0667. The maximum atomic E-state index is 12.4. The molecule has 1 aromatic heterocycles. The van der Waals surface area contributed by atoms with E-state index in [-0.39, 0.29) is 11.2 Å². The number of nitrogens with zero attached hydrogens (tertiary/aromatic N) is 2. The summed E-state index contributed by atoms with van der Waals surface area (Å²) in [4.78, 5) is 3.92. The molecule has 0 bridgehead atoms. The van der Waals surface area contributed by atoms with Crippen LogP contribution in [0.4, 0.5) is 5.69 Å². The first-order chi connectivity index (χ1) is 9.42. The van der Waals surface area contributed by atoms with E-state index in [2.05, 4.69) is 9.71 Å². The topological polar surface area (TPSA) is 62.3 Å². The van der Waals surface area contributed by atoms with E-state index >= 15 is 0 Å². The number of pyridine rings is 1. The molecule has 0 aromatic carbocycles. The monoisotopic (exact) mass is 317 g/mol. The number of hydrogen-bond donors (Lipinski definition) is 1. The van der Waals surface area contributed by atoms with Gasteiger partial charge in [-0.2, -0.15) is 12.7 Å². The summed E-state index contributed by atoms with van der Waals surface area (Å²) in [6, 6.07) is 1.79. The molecule has 1 N–H and O–H groups in total. The molecule has 0 unspecified atom stereocenters. The third-order valence-corrected chi connectivity index (χ3v) is 5.62. The second-order valence-corrected chi connectivity index (χ2v) is 7.30. The highest BCUT2D eigenvalue weighted by Crippen LogP contribution is 2.27. The largest absolute Gasteiger partial charge is 0.301 e. The molecule has 5 nitrogen and oxygen atoms in total. The SMILES string of the molecule is Cc1ccnc(Cl)c1NS(=O)(=O)N(C)C1CCCCC1. The maximum absolute atomic E-state index is 12.4. The van der Waals surface area contributed by atoms with E-state index in [9.17, 15) is 8.42 Å². The number of hydrogen-bond acceptors (Lipinski definition) is 3. The average molecular weight is 318 g/mol. The van der Waals surface area contributed by atoms with E-state index < -0.39 is 10.2 Å². The summed E-state index contributed by atoms with van der Waals surface area (Å²) in [5.74, 6) is 0. The highest BCUT2D eigenvalue weighted by atomic mass is 35.5. The van der Waals surface area contributed by atoms with Crippen molar-refractivity contribution in [1.29, 1.82) is 0 Å². The smallest absolute Gasteiger partial charge is 0.268 e. The lowest BCUT2D eigenvalue weighted by Gasteiger charge is -2.30. The molecular weight excluding hydrogens is 298 g/mol. The lowest BCUT2D eigenvalue weighted by molar-refractivity contribution is 0.287. The van der Waals surface area contributed by atoms with Crippen LogP contribution < -0.4 is 4.72 Å². The Bertz CT molecular complexity index is 551. The van der Waals surface area contributed by atoms with Gasteiger partial charge in [-0.3, -0.25) is 4.72 Å². The van der Waals surface area contributed by atoms with Crippen molar-refractivity contribution in [1.82, 2.24) is 9.29 Å². The Morgan fingerprint density at radius 2 is 2.00 bits per heavy atom. The van der Waals surface area contributed by atoms with E-state index in [1.165, 1.54) is 10.7 Å². The van der Waals surface area contributed by atoms with Gasteiger partial charge in [-0.15, -0.1) is 0 Å². The molecule has 112 valence electrons. The zero-order valence-electron chi connectivity index (χ0n) is 11.8. The molecule has 1 saturated carbocycles. The number of halogens is 1. The summed E-state index contributed by atoms with van der Waals surface area (Å²) in [5, 5.41) is 0.172. The first kappa shape index (κ1) is 15.5. The predicted octanol–water partition coefficient (Wildman–Crippen LogP) is 2.96. The second-order valence-electron chi connectivity index (χ2n) is 5.21. The Balaban J connectivity index is 2.18. The van der Waals surface area contributed by atoms with Gasteiger partial charge in [-0.05, 0) is 31.4 Å². The highest BCUT2D eigenvalue weighted by molar-refractivity contribution is 7.90. The van der Waals surface area contributed by atoms with Crippen molar-refractivity contribution in [3.8, 4) is 0 Å². The standard InChI is InChI=1S/C13H20ClN3O2S/c1-10-8-9-15-13(14)12(10)16-20(18,19)17(2)11-6-4-3-5-7-11/h8-9,11,16H,3-7H2,1-2H3. The summed E-state index contributed by atoms with van der Waals surface area (Å²) in [6.45, 7) is 1.80. The van der Waals surface area contributed by atoms with Gasteiger partial charge in [0.15, 0.2) is 5.15 Å². The molecule has 0 amide bonds. The number of aryl methyl sites for hydroxylation is 1. The van der Waals surface area contributed by atoms with Gasteiger partial charge in [0, 0.05) is 19.3 Å². The third-order valence-electron chi connectivity index (χ3n) is 3.81. The van der Waals surface area contributed by atoms with Crippen molar-refractivity contribution < 1.29 is 8.42 Å². The van der Waals surface area contributed by atoms with Crippen LogP contribution in [0.5, 0.6) is 0 Å². The summed E-state index contributed by atoms with van der Waals surface area (Å²) in [5.41, 5.74) is 1.11. The molecule has 0 aliphatic heterocycles. The number of nitrogens with one attached hydrogen (secondary N) is 1. The van der Waals surface area contributed by atoms with Crippen molar-refractivity contribution >= 4 is 27.5 Å². The quantitative estimate of drug-likeness (QED) is 0.868. The molecule has 0 radical (unpaired) electrons. The molecule has 0 spiro atoms. The van der Waals surface area contributed by atoms with Crippen LogP contribution in [0.15, 0.2) is 12.3 Å². The predicted molar refractivity (Wildman–Crippen MR) is 81.2 cm³/mol. The van der Waals surface area contributed by atoms with Crippen LogP contribution in [-0.4, -0.2) is 30.8 Å². The molecule has 7 heteroatoms. The second kappa shape index (κ2) is 6.28. The minimum atomic E-state index is -3.60. The number of anilines is 1. The molecule has 1 heterocycles. The molecule has 1 fully saturated rings. The van der Waals surface area contributed by atoms with Crippen LogP contribution >= 0.6 is 11.6 Å². The summed E-state index contributed by atoms with van der Waals surface area (Å²) < 4.78 is 28.8. The van der Waals surface area contributed by atoms with Crippen molar-refractivity contribution in [2.45, 2.75) is 45.1 Å². The fourth-order valence-electron chi connectivity index (χ4n) is 2.49. The Kier molecular flexibility index (Phi) is 4.88. The summed E-state index contributed by atoms with van der Waals surface area (Å²) in [7, 11) is -1.98. The molecular formula is C13H20ClN3O2S. The van der Waals surface area contributed by atoms with Gasteiger partial charge in [0.2, 0.25) is 0 Å². The first-order valence-corrected chi connectivity index (χ1v) is 8.60. The van der Waals surface area contributed by atoms with Gasteiger partial charge >= 0.3 is 10.2 Å². The van der Waals surface area contributed by atoms with E-state index in [1.54, 1.807) is 26.2 Å². The zero-order valence-corrected chi connectivity index (χ0v) is 13.3. The van der Waals surface area contributed by atoms with E-state index in [0.717, 1.165) is 31.2 Å². The van der Waals surface area contributed by atoms with Crippen LogP contribution in [0.25, 0.3) is 0 Å². The molecule has 1 aliphatic rings. The Morgan fingerprint density at radius 3 is 2.60 bits per heavy atom. The van der Waals surface area contributed by atoms with Gasteiger partial charge < -0.3 is 0 Å². The Morgan fingerprint density at radius 1 is 1.35 bits per heavy atom. The number of aromatic nitrogens is 1. The van der Waals surface area contributed by atoms with Crippen LogP contribution in [0, 0.1) is 6.92 Å². The average Bonchev–Trinajstić information content (AvgIpc) is 2.43. The number of rotatable bonds is 4. The van der Waals surface area contributed by atoms with Gasteiger partial charge in [0.1, 0.15) is 0 Å². The van der Waals surface area contributed by atoms with Crippen molar-refractivity contribution in [2.24, 2.45) is 0 Å². The van der Waals surface area contributed by atoms with Gasteiger partial charge in [-0.1, -0.05) is 30.9 Å². The normalized spacial score (nSPS) is 17.4. The van der Waals surface area contributed by atoms with Gasteiger partial charge in [-0.25, -0.2) is 4.98 Å². The van der Waals surface area contributed by atoms with Crippen molar-refractivity contribution in [2.75, 3.05) is 11.8 Å². The van der Waals surface area contributed by atoms with Crippen LogP contribution in [0.1, 0.15) is 37.7 Å². The maximum Gasteiger partial charge on any atom is 0.301 e. The first-order valence-electron chi connectivity index (χ1n) is 6.78. The lowest BCUT2D eigenvalue weighted by atomic mass is 9.96. The fourth-order valence-corrected chi connectivity index (χ4v) is 4.06. The summed E-state index contributed by atoms with van der Waals surface area (Å²) >= 11 is 5.97. The van der Waals surface area contributed by atoms with E-state index in [4.69, 9.17) is 11.6 Å². The summed E-state index contributed by atoms with van der Waals surface area (Å²) in [6.07, 6.45) is 6.73. The molecule has 2 rings (SSSR count). The van der Waals surface area contributed by atoms with E-state index in [0.29, 0.717) is 5.69 Å². The van der Waals surface area contributed by atoms with Crippen LogP contribution in [0.2, 0.25) is 5.15 Å². The Hall–Kier alpha value is -0.850. The lowest BCUT2D eigenvalue weighted by Crippen LogP contribution is -2.41. The van der Waals surface area contributed by atoms with Crippen LogP contribution in [0.3, 0.4) is 0 Å². The molecule has 20 heavy (non-hydrogen) atoms. The molecule has 1 aliphatic carbocycles. The van der Waals surface area contributed by atoms with Gasteiger partial charge in [0.25, 0.3) is 0 Å². The van der Waals surface area contributed by atoms with E-state index in [1.807, 2.05) is 0 Å². The van der Waals surface area contributed by atoms with Crippen LogP contribution in [-0.2, 0) is 10.2 Å². The van der Waals surface area contributed by atoms with Crippen molar-refractivity contribution in [3.63, 3.8) is 0 Å².